The number of rotatable bonds is 9. The molecule has 0 bridgehead atoms. The molecule has 3 nitrogen and oxygen atoms in total. The van der Waals surface area contributed by atoms with Crippen LogP contribution in [-0.2, 0) is 9.63 Å². The van der Waals surface area contributed by atoms with Crippen molar-refractivity contribution in [2.24, 2.45) is 0 Å². The van der Waals surface area contributed by atoms with Gasteiger partial charge >= 0.3 is 0 Å². The van der Waals surface area contributed by atoms with Crippen molar-refractivity contribution in [3.8, 4) is 0 Å². The van der Waals surface area contributed by atoms with E-state index in [2.05, 4.69) is 39.7 Å². The average Bonchev–Trinajstić information content (AvgIpc) is 2.47. The molecule has 4 heteroatoms. The van der Waals surface area contributed by atoms with Gasteiger partial charge in [-0.25, -0.2) is 0 Å². The number of carbonyl (C=O) groups excluding carboxylic acids is 1. The molecule has 0 spiro atoms. The molecule has 1 atom stereocenters. The molecule has 0 aliphatic carbocycles. The highest BCUT2D eigenvalue weighted by Gasteiger charge is 2.44. The molecule has 0 aromatic carbocycles. The van der Waals surface area contributed by atoms with Gasteiger partial charge in [0.1, 0.15) is 6.10 Å². The predicted octanol–water partition coefficient (Wildman–Crippen LogP) is 5.58. The van der Waals surface area contributed by atoms with Crippen molar-refractivity contribution in [3.63, 3.8) is 0 Å². The molecule has 1 saturated heterocycles. The number of nitrogens with zero attached hydrogens (tertiary/aromatic N) is 1. The molecule has 136 valence electrons. The minimum Gasteiger partial charge on any atom is -0.286 e. The molecule has 0 radical (unpaired) electrons. The first-order valence-electron chi connectivity index (χ1n) is 9.29. The largest absolute Gasteiger partial charge is 0.286 e. The predicted molar refractivity (Wildman–Crippen MR) is 101 cm³/mol. The fourth-order valence-corrected chi connectivity index (χ4v) is 4.09. The molecule has 23 heavy (non-hydrogen) atoms. The Morgan fingerprint density at radius 2 is 1.65 bits per heavy atom. The first kappa shape index (κ1) is 21.0. The van der Waals surface area contributed by atoms with Crippen molar-refractivity contribution >= 4 is 16.9 Å². The topological polar surface area (TPSA) is 29.5 Å². The van der Waals surface area contributed by atoms with E-state index in [9.17, 15) is 4.79 Å². The summed E-state index contributed by atoms with van der Waals surface area (Å²) in [5.41, 5.74) is -0.0260. The monoisotopic (exact) mass is 343 g/mol. The molecule has 0 N–H and O–H groups in total. The van der Waals surface area contributed by atoms with Gasteiger partial charge in [-0.1, -0.05) is 50.8 Å². The van der Waals surface area contributed by atoms with Gasteiger partial charge in [0, 0.05) is 11.1 Å². The average molecular weight is 344 g/mol. The number of hydrogen-bond donors (Lipinski definition) is 0. The summed E-state index contributed by atoms with van der Waals surface area (Å²) in [6, 6.07) is 0. The molecule has 0 aromatic rings. The van der Waals surface area contributed by atoms with Crippen LogP contribution in [0.3, 0.4) is 0 Å². The van der Waals surface area contributed by atoms with Crippen molar-refractivity contribution in [3.05, 3.63) is 0 Å². The van der Waals surface area contributed by atoms with Crippen LogP contribution in [0.15, 0.2) is 0 Å². The second-order valence-corrected chi connectivity index (χ2v) is 8.90. The van der Waals surface area contributed by atoms with Gasteiger partial charge in [0.2, 0.25) is 5.12 Å². The summed E-state index contributed by atoms with van der Waals surface area (Å²) in [5.74, 6) is 0. The van der Waals surface area contributed by atoms with Crippen LogP contribution in [-0.4, -0.2) is 33.6 Å². The van der Waals surface area contributed by atoms with Crippen molar-refractivity contribution in [2.75, 3.05) is 6.26 Å². The Morgan fingerprint density at radius 1 is 1.09 bits per heavy atom. The van der Waals surface area contributed by atoms with E-state index in [0.29, 0.717) is 0 Å². The van der Waals surface area contributed by atoms with Crippen LogP contribution in [0.1, 0.15) is 92.4 Å². The van der Waals surface area contributed by atoms with Gasteiger partial charge in [-0.2, -0.15) is 5.06 Å². The van der Waals surface area contributed by atoms with Gasteiger partial charge in [0.15, 0.2) is 0 Å². The van der Waals surface area contributed by atoms with Gasteiger partial charge in [-0.3, -0.25) is 9.63 Å². The Hall–Kier alpha value is -0.0600. The Morgan fingerprint density at radius 3 is 2.17 bits per heavy atom. The van der Waals surface area contributed by atoms with Crippen LogP contribution >= 0.6 is 11.8 Å². The number of hydrogen-bond acceptors (Lipinski definition) is 4. The lowest BCUT2D eigenvalue weighted by Gasteiger charge is -2.52. The van der Waals surface area contributed by atoms with E-state index < -0.39 is 0 Å². The van der Waals surface area contributed by atoms with E-state index in [1.54, 1.807) is 0 Å². The van der Waals surface area contributed by atoms with Crippen molar-refractivity contribution in [1.82, 2.24) is 5.06 Å². The van der Waals surface area contributed by atoms with E-state index in [1.807, 2.05) is 6.26 Å². The number of hydroxylamine groups is 2. The minimum atomic E-state index is -0.303. The third-order valence-corrected chi connectivity index (χ3v) is 5.61. The van der Waals surface area contributed by atoms with Gasteiger partial charge in [0.25, 0.3) is 0 Å². The Kier molecular flexibility index (Phi) is 8.60. The zero-order valence-corrected chi connectivity index (χ0v) is 16.9. The first-order valence-corrected chi connectivity index (χ1v) is 10.5. The van der Waals surface area contributed by atoms with Crippen molar-refractivity contribution in [1.29, 1.82) is 0 Å². The van der Waals surface area contributed by atoms with E-state index in [1.165, 1.54) is 43.9 Å². The second-order valence-electron chi connectivity index (χ2n) is 8.09. The number of carbonyl (C=O) groups is 1. The third kappa shape index (κ3) is 6.39. The molecule has 0 saturated carbocycles. The van der Waals surface area contributed by atoms with E-state index in [4.69, 9.17) is 4.84 Å². The van der Waals surface area contributed by atoms with Crippen LogP contribution < -0.4 is 0 Å². The number of piperidine rings is 1. The van der Waals surface area contributed by atoms with Gasteiger partial charge < -0.3 is 0 Å². The van der Waals surface area contributed by atoms with Crippen molar-refractivity contribution in [2.45, 2.75) is 110 Å². The molecule has 1 heterocycles. The normalized spacial score (nSPS) is 22.0. The van der Waals surface area contributed by atoms with Gasteiger partial charge in [-0.15, -0.1) is 0 Å². The maximum atomic E-state index is 12.3. The standard InChI is InChI=1S/C19H37NO2S/c1-7-8-9-10-11-13-16(17(21)23-6)22-20-18(2,3)14-12-15-19(20,4)5/h16H,7-15H2,1-6H3/t16-/m1/s1. The fraction of sp³-hybridized carbons (Fsp3) is 0.947. The molecule has 1 rings (SSSR count). The molecular weight excluding hydrogens is 306 g/mol. The Labute approximate surface area is 147 Å². The number of thioether (sulfide) groups is 1. The van der Waals surface area contributed by atoms with Crippen molar-refractivity contribution < 1.29 is 9.63 Å². The second kappa shape index (κ2) is 9.43. The summed E-state index contributed by atoms with van der Waals surface area (Å²) in [5, 5.41) is 2.30. The van der Waals surface area contributed by atoms with E-state index >= 15 is 0 Å². The molecule has 0 unspecified atom stereocenters. The molecule has 0 amide bonds. The summed E-state index contributed by atoms with van der Waals surface area (Å²) in [4.78, 5) is 18.7. The lowest BCUT2D eigenvalue weighted by Crippen LogP contribution is -2.59. The molecular formula is C19H37NO2S. The van der Waals surface area contributed by atoms with Crippen LogP contribution in [0.2, 0.25) is 0 Å². The lowest BCUT2D eigenvalue weighted by atomic mass is 9.82. The number of unbranched alkanes of at least 4 members (excludes halogenated alkanes) is 4. The Bertz CT molecular complexity index is 352. The smallest absolute Gasteiger partial charge is 0.219 e. The molecule has 0 aromatic heterocycles. The van der Waals surface area contributed by atoms with Crippen LogP contribution in [0.25, 0.3) is 0 Å². The molecule has 1 fully saturated rings. The third-order valence-electron chi connectivity index (χ3n) is 4.94. The van der Waals surface area contributed by atoms with Crippen LogP contribution in [0, 0.1) is 0 Å². The maximum Gasteiger partial charge on any atom is 0.219 e. The summed E-state index contributed by atoms with van der Waals surface area (Å²) < 4.78 is 0. The van der Waals surface area contributed by atoms with Gasteiger partial charge in [0.05, 0.1) is 0 Å². The zero-order chi connectivity index (χ0) is 17.5. The van der Waals surface area contributed by atoms with E-state index in [0.717, 1.165) is 25.7 Å². The minimum absolute atomic E-state index is 0.0130. The lowest BCUT2D eigenvalue weighted by molar-refractivity contribution is -0.297. The first-order chi connectivity index (χ1) is 10.7. The summed E-state index contributed by atoms with van der Waals surface area (Å²) >= 11 is 1.30. The highest BCUT2D eigenvalue weighted by molar-refractivity contribution is 8.13. The van der Waals surface area contributed by atoms with Gasteiger partial charge in [-0.05, 0) is 59.6 Å². The zero-order valence-electron chi connectivity index (χ0n) is 16.1. The fourth-order valence-electron chi connectivity index (χ4n) is 3.67. The highest BCUT2D eigenvalue weighted by Crippen LogP contribution is 2.39. The quantitative estimate of drug-likeness (QED) is 0.511. The maximum absolute atomic E-state index is 12.3. The summed E-state index contributed by atoms with van der Waals surface area (Å²) in [7, 11) is 0. The SMILES string of the molecule is CCCCCCC[C@@H](ON1C(C)(C)CCCC1(C)C)C(=O)SC. The Balaban J connectivity index is 2.69. The molecule has 1 aliphatic heterocycles. The summed E-state index contributed by atoms with van der Waals surface area (Å²) in [6.45, 7) is 11.2. The molecule has 1 aliphatic rings. The highest BCUT2D eigenvalue weighted by atomic mass is 32.2. The van der Waals surface area contributed by atoms with E-state index in [-0.39, 0.29) is 22.3 Å². The summed E-state index contributed by atoms with van der Waals surface area (Å²) in [6.07, 6.45) is 11.9. The van der Waals surface area contributed by atoms with Crippen LogP contribution in [0.4, 0.5) is 0 Å². The van der Waals surface area contributed by atoms with Crippen LogP contribution in [0.5, 0.6) is 0 Å².